The molecule has 2 saturated heterocycles. The third kappa shape index (κ3) is 4.41. The van der Waals surface area contributed by atoms with E-state index in [0.717, 1.165) is 0 Å². The molecule has 178 valence electrons. The Balaban J connectivity index is 1.44. The van der Waals surface area contributed by atoms with Gasteiger partial charge < -0.3 is 30.7 Å². The van der Waals surface area contributed by atoms with Gasteiger partial charge in [-0.2, -0.15) is 5.10 Å². The molecule has 0 atom stereocenters. The maximum Gasteiger partial charge on any atom is 0.359 e. The number of nitrogens with two attached hydrogens (primary N) is 2. The van der Waals surface area contributed by atoms with Gasteiger partial charge >= 0.3 is 12.0 Å². The van der Waals surface area contributed by atoms with E-state index < -0.39 is 12.0 Å². The number of likely N-dealkylation sites (tertiary alicyclic amines) is 1. The van der Waals surface area contributed by atoms with Crippen LogP contribution in [0.3, 0.4) is 0 Å². The van der Waals surface area contributed by atoms with E-state index in [-0.39, 0.29) is 17.7 Å². The van der Waals surface area contributed by atoms with Gasteiger partial charge in [0.2, 0.25) is 5.95 Å². The van der Waals surface area contributed by atoms with Gasteiger partial charge in [-0.25, -0.2) is 29.1 Å². The standard InChI is InChI=1S/C21H25N9O4/c22-20-24-10-13(11-25-20)16-12-30-17(18(26-16)28-5-7-33-8-6-28)9-15(27-30)19(31)34-14-1-3-29(4-2-14)21(23)32/h9-12,14H,1-8H2,(H2,23,32)(H2,22,24,25). The Kier molecular flexibility index (Phi) is 5.84. The molecule has 3 aromatic heterocycles. The number of piperidine rings is 1. The number of hydrogen-bond donors (Lipinski definition) is 2. The quantitative estimate of drug-likeness (QED) is 0.509. The number of fused-ring (bicyclic) bond motifs is 1. The lowest BCUT2D eigenvalue weighted by Crippen LogP contribution is -2.44. The van der Waals surface area contributed by atoms with Crippen molar-refractivity contribution >= 4 is 29.3 Å². The maximum atomic E-state index is 12.9. The summed E-state index contributed by atoms with van der Waals surface area (Å²) in [6.45, 7) is 3.39. The molecule has 34 heavy (non-hydrogen) atoms. The molecule has 13 nitrogen and oxygen atoms in total. The Labute approximate surface area is 194 Å². The molecule has 0 radical (unpaired) electrons. The molecule has 5 rings (SSSR count). The Morgan fingerprint density at radius 1 is 1.09 bits per heavy atom. The predicted octanol–water partition coefficient (Wildman–Crippen LogP) is 0.305. The number of hydrogen-bond acceptors (Lipinski definition) is 10. The molecule has 2 amide bonds. The van der Waals surface area contributed by atoms with E-state index in [9.17, 15) is 9.59 Å². The van der Waals surface area contributed by atoms with Crippen molar-refractivity contribution in [2.24, 2.45) is 5.73 Å². The molecule has 5 heterocycles. The number of aromatic nitrogens is 5. The van der Waals surface area contributed by atoms with Crippen molar-refractivity contribution in [1.82, 2.24) is 29.5 Å². The summed E-state index contributed by atoms with van der Waals surface area (Å²) in [5, 5.41) is 4.47. The van der Waals surface area contributed by atoms with Gasteiger partial charge in [-0.05, 0) is 0 Å². The molecular formula is C21H25N9O4. The number of nitrogens with zero attached hydrogens (tertiary/aromatic N) is 7. The lowest BCUT2D eigenvalue weighted by Gasteiger charge is -2.30. The SMILES string of the molecule is NC(=O)N1CCC(OC(=O)c2cc3c(N4CCOCC4)nc(-c4cnc(N)nc4)cn3n2)CC1. The van der Waals surface area contributed by atoms with Gasteiger partial charge in [-0.1, -0.05) is 0 Å². The monoisotopic (exact) mass is 467 g/mol. The largest absolute Gasteiger partial charge is 0.457 e. The van der Waals surface area contributed by atoms with Crippen molar-refractivity contribution in [3.8, 4) is 11.3 Å². The fourth-order valence-electron chi connectivity index (χ4n) is 4.10. The van der Waals surface area contributed by atoms with Crippen molar-refractivity contribution in [3.63, 3.8) is 0 Å². The van der Waals surface area contributed by atoms with Gasteiger partial charge in [-0.3, -0.25) is 0 Å². The third-order valence-corrected chi connectivity index (χ3v) is 5.95. The fourth-order valence-corrected chi connectivity index (χ4v) is 4.10. The van der Waals surface area contributed by atoms with Crippen molar-refractivity contribution in [3.05, 3.63) is 30.4 Å². The summed E-state index contributed by atoms with van der Waals surface area (Å²) >= 11 is 0. The molecule has 0 aromatic carbocycles. The Bertz CT molecular complexity index is 1200. The molecule has 2 aliphatic heterocycles. The van der Waals surface area contributed by atoms with E-state index in [2.05, 4.69) is 20.0 Å². The minimum atomic E-state index is -0.522. The van der Waals surface area contributed by atoms with Crippen LogP contribution in [0.1, 0.15) is 23.3 Å². The number of carbonyl (C=O) groups is 2. The Hall–Kier alpha value is -4.00. The molecular weight excluding hydrogens is 442 g/mol. The van der Waals surface area contributed by atoms with Crippen LogP contribution < -0.4 is 16.4 Å². The molecule has 2 fully saturated rings. The number of rotatable bonds is 4. The van der Waals surface area contributed by atoms with Crippen LogP contribution in [0.5, 0.6) is 0 Å². The predicted molar refractivity (Wildman–Crippen MR) is 121 cm³/mol. The van der Waals surface area contributed by atoms with Gasteiger partial charge in [0.05, 0.1) is 25.1 Å². The van der Waals surface area contributed by atoms with Crippen LogP contribution in [-0.4, -0.2) is 87.0 Å². The van der Waals surface area contributed by atoms with Crippen LogP contribution in [0, 0.1) is 0 Å². The second-order valence-corrected chi connectivity index (χ2v) is 8.17. The van der Waals surface area contributed by atoms with Crippen molar-refractivity contribution in [2.45, 2.75) is 18.9 Å². The number of nitrogen functional groups attached to an aromatic ring is 1. The number of primary amides is 1. The molecule has 0 aliphatic carbocycles. The van der Waals surface area contributed by atoms with E-state index in [1.54, 1.807) is 29.2 Å². The Morgan fingerprint density at radius 2 is 1.79 bits per heavy atom. The fraction of sp³-hybridized carbons (Fsp3) is 0.429. The van der Waals surface area contributed by atoms with Gasteiger partial charge in [0.1, 0.15) is 11.6 Å². The summed E-state index contributed by atoms with van der Waals surface area (Å²) in [5.41, 5.74) is 13.1. The van der Waals surface area contributed by atoms with Crippen molar-refractivity contribution in [2.75, 3.05) is 50.0 Å². The van der Waals surface area contributed by atoms with Gasteiger partial charge in [0.25, 0.3) is 0 Å². The van der Waals surface area contributed by atoms with Gasteiger partial charge in [-0.15, -0.1) is 0 Å². The number of morpholine rings is 1. The third-order valence-electron chi connectivity index (χ3n) is 5.95. The van der Waals surface area contributed by atoms with Crippen LogP contribution in [0.25, 0.3) is 16.8 Å². The molecule has 4 N–H and O–H groups in total. The summed E-state index contributed by atoms with van der Waals surface area (Å²) in [7, 11) is 0. The van der Waals surface area contributed by atoms with Crippen LogP contribution in [-0.2, 0) is 9.47 Å². The number of esters is 1. The second kappa shape index (κ2) is 9.09. The number of amides is 2. The highest BCUT2D eigenvalue weighted by Crippen LogP contribution is 2.27. The summed E-state index contributed by atoms with van der Waals surface area (Å²) in [6, 6.07) is 1.22. The number of carbonyl (C=O) groups excluding carboxylic acids is 2. The molecule has 0 unspecified atom stereocenters. The minimum absolute atomic E-state index is 0.170. The smallest absolute Gasteiger partial charge is 0.359 e. The first kappa shape index (κ1) is 21.8. The first-order chi connectivity index (χ1) is 16.5. The second-order valence-electron chi connectivity index (χ2n) is 8.17. The molecule has 0 saturated carbocycles. The Morgan fingerprint density at radius 3 is 2.47 bits per heavy atom. The zero-order valence-corrected chi connectivity index (χ0v) is 18.5. The maximum absolute atomic E-state index is 12.9. The molecule has 0 bridgehead atoms. The highest BCUT2D eigenvalue weighted by atomic mass is 16.5. The van der Waals surface area contributed by atoms with Crippen LogP contribution in [0.15, 0.2) is 24.7 Å². The first-order valence-corrected chi connectivity index (χ1v) is 11.0. The summed E-state index contributed by atoms with van der Waals surface area (Å²) in [5.74, 6) is 0.328. The lowest BCUT2D eigenvalue weighted by molar-refractivity contribution is 0.0149. The number of ether oxygens (including phenoxy) is 2. The van der Waals surface area contributed by atoms with E-state index in [1.165, 1.54) is 4.90 Å². The van der Waals surface area contributed by atoms with E-state index in [0.29, 0.717) is 74.8 Å². The summed E-state index contributed by atoms with van der Waals surface area (Å²) in [6.07, 6.45) is 5.67. The van der Waals surface area contributed by atoms with Crippen molar-refractivity contribution in [1.29, 1.82) is 0 Å². The lowest BCUT2D eigenvalue weighted by atomic mass is 10.1. The average molecular weight is 467 g/mol. The molecule has 13 heteroatoms. The first-order valence-electron chi connectivity index (χ1n) is 11.0. The molecule has 0 spiro atoms. The molecule has 2 aliphatic rings. The van der Waals surface area contributed by atoms with Crippen LogP contribution >= 0.6 is 0 Å². The van der Waals surface area contributed by atoms with Crippen molar-refractivity contribution < 1.29 is 19.1 Å². The summed E-state index contributed by atoms with van der Waals surface area (Å²) in [4.78, 5) is 40.8. The average Bonchev–Trinajstić information content (AvgIpc) is 3.29. The highest BCUT2D eigenvalue weighted by molar-refractivity contribution is 5.90. The van der Waals surface area contributed by atoms with Crippen LogP contribution in [0.2, 0.25) is 0 Å². The summed E-state index contributed by atoms with van der Waals surface area (Å²) < 4.78 is 12.8. The normalized spacial score (nSPS) is 17.2. The molecule has 3 aromatic rings. The van der Waals surface area contributed by atoms with E-state index in [4.69, 9.17) is 25.9 Å². The zero-order chi connectivity index (χ0) is 23.7. The van der Waals surface area contributed by atoms with E-state index >= 15 is 0 Å². The number of urea groups is 1. The number of anilines is 2. The van der Waals surface area contributed by atoms with Gasteiger partial charge in [0.15, 0.2) is 11.5 Å². The van der Waals surface area contributed by atoms with Gasteiger partial charge in [0, 0.05) is 63.0 Å². The minimum Gasteiger partial charge on any atom is -0.457 e. The topological polar surface area (TPSA) is 167 Å². The van der Waals surface area contributed by atoms with Crippen LogP contribution in [0.4, 0.5) is 16.6 Å². The highest BCUT2D eigenvalue weighted by Gasteiger charge is 2.26. The van der Waals surface area contributed by atoms with E-state index in [1.807, 2.05) is 0 Å². The zero-order valence-electron chi connectivity index (χ0n) is 18.5.